The second kappa shape index (κ2) is 4.24. The molecule has 68 valence electrons. The van der Waals surface area contributed by atoms with Crippen molar-refractivity contribution < 1.29 is 4.79 Å². The van der Waals surface area contributed by atoms with Crippen molar-refractivity contribution in [2.24, 2.45) is 0 Å². The molecule has 1 nitrogen and oxygen atoms in total. The molecular weight excluding hydrogens is 184 g/mol. The van der Waals surface area contributed by atoms with Crippen molar-refractivity contribution in [2.75, 3.05) is 0 Å². The lowest BCUT2D eigenvalue weighted by Gasteiger charge is -2.01. The second-order valence-corrected chi connectivity index (χ2v) is 3.40. The molecule has 0 aliphatic carbocycles. The summed E-state index contributed by atoms with van der Waals surface area (Å²) in [5.41, 5.74) is 1.69. The number of rotatable bonds is 3. The van der Waals surface area contributed by atoms with Gasteiger partial charge in [0.15, 0.2) is 5.78 Å². The Morgan fingerprint density at radius 1 is 1.38 bits per heavy atom. The highest BCUT2D eigenvalue weighted by molar-refractivity contribution is 6.30. The number of benzene rings is 1. The molecule has 0 radical (unpaired) electrons. The van der Waals surface area contributed by atoms with Gasteiger partial charge in [-0.2, -0.15) is 0 Å². The summed E-state index contributed by atoms with van der Waals surface area (Å²) in [6.45, 7) is 5.22. The van der Waals surface area contributed by atoms with E-state index in [-0.39, 0.29) is 5.78 Å². The summed E-state index contributed by atoms with van der Waals surface area (Å²) >= 11 is 5.72. The van der Waals surface area contributed by atoms with Crippen LogP contribution in [0.15, 0.2) is 36.4 Å². The molecule has 0 amide bonds. The first-order valence-electron chi connectivity index (χ1n) is 4.03. The quantitative estimate of drug-likeness (QED) is 0.676. The van der Waals surface area contributed by atoms with Gasteiger partial charge in [0.2, 0.25) is 0 Å². The average molecular weight is 195 g/mol. The van der Waals surface area contributed by atoms with E-state index in [1.807, 2.05) is 24.3 Å². The molecule has 0 fully saturated rings. The number of Topliss-reactive ketones (excluding diaryl/α,β-unsaturated/α-hetero) is 1. The highest BCUT2D eigenvalue weighted by Crippen LogP contribution is 2.12. The molecule has 0 unspecified atom stereocenters. The smallest absolute Gasteiger partial charge is 0.155 e. The highest BCUT2D eigenvalue weighted by Gasteiger charge is 2.01. The number of carbonyl (C=O) groups is 1. The van der Waals surface area contributed by atoms with Crippen molar-refractivity contribution in [2.45, 2.75) is 13.3 Å². The van der Waals surface area contributed by atoms with Crippen LogP contribution in [0.5, 0.6) is 0 Å². The minimum Gasteiger partial charge on any atom is -0.295 e. The molecule has 0 atom stereocenters. The molecule has 0 spiro atoms. The van der Waals surface area contributed by atoms with E-state index in [0.29, 0.717) is 17.0 Å². The van der Waals surface area contributed by atoms with E-state index in [1.54, 1.807) is 0 Å². The number of allylic oxidation sites excluding steroid dienone is 1. The number of ketones is 1. The zero-order valence-corrected chi connectivity index (χ0v) is 8.27. The van der Waals surface area contributed by atoms with Crippen LogP contribution in [0.3, 0.4) is 0 Å². The molecule has 0 saturated carbocycles. The van der Waals surface area contributed by atoms with Gasteiger partial charge in [-0.15, -0.1) is 0 Å². The molecule has 1 aromatic rings. The van der Waals surface area contributed by atoms with Crippen LogP contribution in [0.25, 0.3) is 0 Å². The normalized spacial score (nSPS) is 9.69. The first-order valence-corrected chi connectivity index (χ1v) is 4.40. The lowest BCUT2D eigenvalue weighted by molar-refractivity contribution is -0.113. The summed E-state index contributed by atoms with van der Waals surface area (Å²) in [4.78, 5) is 10.9. The number of carbonyl (C=O) groups excluding carboxylic acids is 1. The Balaban J connectivity index is 2.70. The van der Waals surface area contributed by atoms with Gasteiger partial charge in [0.1, 0.15) is 0 Å². The van der Waals surface area contributed by atoms with E-state index in [1.165, 1.54) is 6.92 Å². The maximum absolute atomic E-state index is 10.9. The molecule has 0 saturated heterocycles. The standard InChI is InChI=1S/C11H11ClO/c1-8(9(2)13)7-10-3-5-11(12)6-4-10/h3-6H,1,7H2,2H3. The van der Waals surface area contributed by atoms with Crippen molar-refractivity contribution in [3.05, 3.63) is 47.0 Å². The maximum atomic E-state index is 10.9. The molecule has 1 aromatic carbocycles. The van der Waals surface area contributed by atoms with Crippen molar-refractivity contribution >= 4 is 17.4 Å². The summed E-state index contributed by atoms with van der Waals surface area (Å²) in [5.74, 6) is 0.0370. The Labute approximate surface area is 83.0 Å². The van der Waals surface area contributed by atoms with E-state index >= 15 is 0 Å². The topological polar surface area (TPSA) is 17.1 Å². The first kappa shape index (κ1) is 10.0. The largest absolute Gasteiger partial charge is 0.295 e. The fraction of sp³-hybridized carbons (Fsp3) is 0.182. The van der Waals surface area contributed by atoms with E-state index in [0.717, 1.165) is 5.56 Å². The summed E-state index contributed by atoms with van der Waals surface area (Å²) in [6, 6.07) is 7.42. The summed E-state index contributed by atoms with van der Waals surface area (Å²) in [7, 11) is 0. The van der Waals surface area contributed by atoms with Gasteiger partial charge in [0, 0.05) is 11.4 Å². The van der Waals surface area contributed by atoms with Crippen molar-refractivity contribution in [3.8, 4) is 0 Å². The monoisotopic (exact) mass is 194 g/mol. The van der Waals surface area contributed by atoms with Crippen LogP contribution in [0.1, 0.15) is 12.5 Å². The SMILES string of the molecule is C=C(Cc1ccc(Cl)cc1)C(C)=O. The van der Waals surface area contributed by atoms with E-state index < -0.39 is 0 Å². The van der Waals surface area contributed by atoms with Gasteiger partial charge >= 0.3 is 0 Å². The van der Waals surface area contributed by atoms with Crippen LogP contribution in [0.4, 0.5) is 0 Å². The minimum absolute atomic E-state index is 0.0370. The molecule has 0 bridgehead atoms. The third kappa shape index (κ3) is 3.03. The maximum Gasteiger partial charge on any atom is 0.155 e. The van der Waals surface area contributed by atoms with E-state index in [2.05, 4.69) is 6.58 Å². The zero-order chi connectivity index (χ0) is 9.84. The van der Waals surface area contributed by atoms with Gasteiger partial charge in [0.05, 0.1) is 0 Å². The Hall–Kier alpha value is -1.08. The number of halogens is 1. The second-order valence-electron chi connectivity index (χ2n) is 2.96. The fourth-order valence-electron chi connectivity index (χ4n) is 0.973. The van der Waals surface area contributed by atoms with Gasteiger partial charge in [-0.1, -0.05) is 30.3 Å². The first-order chi connectivity index (χ1) is 6.09. The van der Waals surface area contributed by atoms with Crippen molar-refractivity contribution in [3.63, 3.8) is 0 Å². The third-order valence-electron chi connectivity index (χ3n) is 1.83. The Bertz CT molecular complexity index is 324. The van der Waals surface area contributed by atoms with E-state index in [9.17, 15) is 4.79 Å². The molecular formula is C11H11ClO. The lowest BCUT2D eigenvalue weighted by Crippen LogP contribution is -1.98. The van der Waals surface area contributed by atoms with Crippen LogP contribution in [-0.4, -0.2) is 5.78 Å². The fourth-order valence-corrected chi connectivity index (χ4v) is 1.10. The van der Waals surface area contributed by atoms with Gasteiger partial charge in [-0.3, -0.25) is 4.79 Å². The minimum atomic E-state index is 0.0370. The van der Waals surface area contributed by atoms with Gasteiger partial charge < -0.3 is 0 Å². The molecule has 2 heteroatoms. The Morgan fingerprint density at radius 2 is 1.92 bits per heavy atom. The third-order valence-corrected chi connectivity index (χ3v) is 2.08. The molecule has 1 rings (SSSR count). The van der Waals surface area contributed by atoms with Gasteiger partial charge in [-0.05, 0) is 30.2 Å². The molecule has 0 N–H and O–H groups in total. The summed E-state index contributed by atoms with van der Waals surface area (Å²) in [6.07, 6.45) is 0.604. The van der Waals surface area contributed by atoms with Crippen molar-refractivity contribution in [1.29, 1.82) is 0 Å². The zero-order valence-electron chi connectivity index (χ0n) is 7.51. The molecule has 0 aliphatic rings. The number of hydrogen-bond acceptors (Lipinski definition) is 1. The van der Waals surface area contributed by atoms with Crippen LogP contribution in [0, 0.1) is 0 Å². The average Bonchev–Trinajstić information content (AvgIpc) is 2.08. The summed E-state index contributed by atoms with van der Waals surface area (Å²) in [5, 5.41) is 0.706. The van der Waals surface area contributed by atoms with Crippen LogP contribution < -0.4 is 0 Å². The molecule has 0 aromatic heterocycles. The van der Waals surface area contributed by atoms with E-state index in [4.69, 9.17) is 11.6 Å². The Morgan fingerprint density at radius 3 is 2.38 bits per heavy atom. The van der Waals surface area contributed by atoms with Gasteiger partial charge in [-0.25, -0.2) is 0 Å². The van der Waals surface area contributed by atoms with Crippen LogP contribution in [0.2, 0.25) is 5.02 Å². The lowest BCUT2D eigenvalue weighted by atomic mass is 10.0. The molecule has 0 heterocycles. The number of hydrogen-bond donors (Lipinski definition) is 0. The predicted molar refractivity (Wildman–Crippen MR) is 55.0 cm³/mol. The van der Waals surface area contributed by atoms with Crippen LogP contribution >= 0.6 is 11.6 Å². The van der Waals surface area contributed by atoms with Gasteiger partial charge in [0.25, 0.3) is 0 Å². The predicted octanol–water partition coefficient (Wildman–Crippen LogP) is 3.03. The summed E-state index contributed by atoms with van der Waals surface area (Å²) < 4.78 is 0. The Kier molecular flexibility index (Phi) is 3.26. The van der Waals surface area contributed by atoms with Crippen LogP contribution in [-0.2, 0) is 11.2 Å². The van der Waals surface area contributed by atoms with Crippen molar-refractivity contribution in [1.82, 2.24) is 0 Å². The highest BCUT2D eigenvalue weighted by atomic mass is 35.5. The molecule has 13 heavy (non-hydrogen) atoms. The molecule has 0 aliphatic heterocycles.